The van der Waals surface area contributed by atoms with Gasteiger partial charge >= 0.3 is 0 Å². The summed E-state index contributed by atoms with van der Waals surface area (Å²) in [6.07, 6.45) is 3.79. The summed E-state index contributed by atoms with van der Waals surface area (Å²) < 4.78 is 13.6. The number of hydrogen-bond acceptors (Lipinski definition) is 7. The maximum absolute atomic E-state index is 13.6. The number of piperazine rings is 1. The molecule has 188 valence electrons. The Bertz CT molecular complexity index is 1270. The number of carbonyl (C=O) groups excluding carboxylic acids is 1. The molecule has 2 saturated heterocycles. The number of rotatable bonds is 5. The van der Waals surface area contributed by atoms with Gasteiger partial charge in [0.15, 0.2) is 0 Å². The van der Waals surface area contributed by atoms with Crippen LogP contribution >= 0.6 is 0 Å². The van der Waals surface area contributed by atoms with Gasteiger partial charge in [-0.15, -0.1) is 0 Å². The van der Waals surface area contributed by atoms with Crippen molar-refractivity contribution in [3.05, 3.63) is 59.5 Å². The standard InChI is InChI=1S/C27H32FN7O/c1-17-13-21(25(29)36)15-30-26(17)33-11-12-34(19(3)16-33)24-14-23(20-6-8-22(28)9-7-20)31-27(32-24)35-10-4-5-18(35)2/h6-9,13-15,18-19H,4-5,10-12,16H2,1-3H3,(H2,29,36). The number of halogens is 1. The van der Waals surface area contributed by atoms with Crippen LogP contribution in [-0.4, -0.2) is 59.1 Å². The highest BCUT2D eigenvalue weighted by atomic mass is 19.1. The average Bonchev–Trinajstić information content (AvgIpc) is 3.30. The molecule has 1 aromatic carbocycles. The maximum atomic E-state index is 13.6. The maximum Gasteiger partial charge on any atom is 0.250 e. The van der Waals surface area contributed by atoms with E-state index in [1.165, 1.54) is 12.1 Å². The molecule has 5 rings (SSSR count). The van der Waals surface area contributed by atoms with Crippen molar-refractivity contribution in [3.8, 4) is 11.3 Å². The molecule has 0 aliphatic carbocycles. The summed E-state index contributed by atoms with van der Waals surface area (Å²) in [5.74, 6) is 1.73. The van der Waals surface area contributed by atoms with Crippen molar-refractivity contribution >= 4 is 23.5 Å². The van der Waals surface area contributed by atoms with E-state index in [1.807, 2.05) is 13.0 Å². The Labute approximate surface area is 211 Å². The van der Waals surface area contributed by atoms with E-state index in [1.54, 1.807) is 24.4 Å². The highest BCUT2D eigenvalue weighted by Gasteiger charge is 2.29. The molecule has 0 radical (unpaired) electrons. The minimum absolute atomic E-state index is 0.163. The third-order valence-corrected chi connectivity index (χ3v) is 7.21. The summed E-state index contributed by atoms with van der Waals surface area (Å²) >= 11 is 0. The molecule has 0 saturated carbocycles. The Hall–Kier alpha value is -3.75. The van der Waals surface area contributed by atoms with E-state index in [9.17, 15) is 9.18 Å². The molecule has 2 aliphatic rings. The number of aryl methyl sites for hydroxylation is 1. The number of aromatic nitrogens is 3. The van der Waals surface area contributed by atoms with Crippen LogP contribution in [0.5, 0.6) is 0 Å². The summed E-state index contributed by atoms with van der Waals surface area (Å²) in [5.41, 5.74) is 8.42. The topological polar surface area (TPSA) is 91.5 Å². The molecular formula is C27H32FN7O. The molecule has 2 unspecified atom stereocenters. The largest absolute Gasteiger partial charge is 0.366 e. The van der Waals surface area contributed by atoms with Crippen molar-refractivity contribution in [2.75, 3.05) is 40.9 Å². The van der Waals surface area contributed by atoms with Crippen LogP contribution in [-0.2, 0) is 0 Å². The molecule has 4 heterocycles. The number of nitrogens with zero attached hydrogens (tertiary/aromatic N) is 6. The van der Waals surface area contributed by atoms with Gasteiger partial charge in [-0.25, -0.2) is 14.4 Å². The second-order valence-electron chi connectivity index (χ2n) is 9.82. The lowest BCUT2D eigenvalue weighted by molar-refractivity contribution is 0.1000. The van der Waals surface area contributed by atoms with Gasteiger partial charge in [0.25, 0.3) is 0 Å². The van der Waals surface area contributed by atoms with E-state index in [2.05, 4.69) is 33.5 Å². The van der Waals surface area contributed by atoms with Gasteiger partial charge in [0.05, 0.1) is 11.3 Å². The van der Waals surface area contributed by atoms with Crippen LogP contribution in [0, 0.1) is 12.7 Å². The van der Waals surface area contributed by atoms with Gasteiger partial charge < -0.3 is 20.4 Å². The number of anilines is 3. The Morgan fingerprint density at radius 3 is 2.44 bits per heavy atom. The monoisotopic (exact) mass is 489 g/mol. The zero-order valence-corrected chi connectivity index (χ0v) is 21.0. The Morgan fingerprint density at radius 1 is 1.03 bits per heavy atom. The predicted molar refractivity (Wildman–Crippen MR) is 140 cm³/mol. The number of hydrogen-bond donors (Lipinski definition) is 1. The van der Waals surface area contributed by atoms with Gasteiger partial charge in [0.1, 0.15) is 17.5 Å². The van der Waals surface area contributed by atoms with Gasteiger partial charge in [-0.05, 0) is 69.5 Å². The first-order valence-corrected chi connectivity index (χ1v) is 12.5. The number of primary amides is 1. The summed E-state index contributed by atoms with van der Waals surface area (Å²) in [6, 6.07) is 10.8. The summed E-state index contributed by atoms with van der Waals surface area (Å²) in [5, 5.41) is 0. The van der Waals surface area contributed by atoms with Crippen LogP contribution in [0.1, 0.15) is 42.6 Å². The molecule has 2 fully saturated rings. The highest BCUT2D eigenvalue weighted by Crippen LogP contribution is 2.31. The molecule has 0 bridgehead atoms. The molecule has 3 aromatic rings. The number of pyridine rings is 1. The SMILES string of the molecule is Cc1cc(C(N)=O)cnc1N1CCN(c2cc(-c3ccc(F)cc3)nc(N3CCCC3C)n2)C(C)C1. The summed E-state index contributed by atoms with van der Waals surface area (Å²) in [4.78, 5) is 32.8. The molecule has 9 heteroatoms. The number of nitrogens with two attached hydrogens (primary N) is 1. The van der Waals surface area contributed by atoms with E-state index >= 15 is 0 Å². The molecular weight excluding hydrogens is 457 g/mol. The van der Waals surface area contributed by atoms with Crippen molar-refractivity contribution in [1.29, 1.82) is 0 Å². The van der Waals surface area contributed by atoms with Crippen LogP contribution in [0.25, 0.3) is 11.3 Å². The number of carbonyl (C=O) groups is 1. The molecule has 0 spiro atoms. The van der Waals surface area contributed by atoms with Crippen LogP contribution in [0.4, 0.5) is 22.0 Å². The van der Waals surface area contributed by atoms with Crippen LogP contribution in [0.15, 0.2) is 42.6 Å². The van der Waals surface area contributed by atoms with Crippen molar-refractivity contribution in [2.24, 2.45) is 5.73 Å². The van der Waals surface area contributed by atoms with Gasteiger partial charge in [0.2, 0.25) is 11.9 Å². The van der Waals surface area contributed by atoms with Crippen LogP contribution in [0.3, 0.4) is 0 Å². The zero-order chi connectivity index (χ0) is 25.4. The second kappa shape index (κ2) is 9.72. The normalized spacial score (nSPS) is 20.2. The zero-order valence-electron chi connectivity index (χ0n) is 21.0. The molecule has 2 N–H and O–H groups in total. The molecule has 2 atom stereocenters. The third kappa shape index (κ3) is 4.69. The minimum Gasteiger partial charge on any atom is -0.366 e. The first-order valence-electron chi connectivity index (χ1n) is 12.5. The van der Waals surface area contributed by atoms with Crippen LogP contribution < -0.4 is 20.4 Å². The van der Waals surface area contributed by atoms with Gasteiger partial charge in [-0.3, -0.25) is 4.79 Å². The van der Waals surface area contributed by atoms with E-state index in [0.29, 0.717) is 11.6 Å². The fourth-order valence-electron chi connectivity index (χ4n) is 5.22. The second-order valence-corrected chi connectivity index (χ2v) is 9.82. The van der Waals surface area contributed by atoms with E-state index < -0.39 is 5.91 Å². The van der Waals surface area contributed by atoms with Crippen molar-refractivity contribution in [1.82, 2.24) is 15.0 Å². The molecule has 8 nitrogen and oxygen atoms in total. The van der Waals surface area contributed by atoms with E-state index in [0.717, 1.165) is 73.4 Å². The fourth-order valence-corrected chi connectivity index (χ4v) is 5.22. The molecule has 36 heavy (non-hydrogen) atoms. The van der Waals surface area contributed by atoms with Crippen molar-refractivity contribution in [3.63, 3.8) is 0 Å². The molecule has 2 aromatic heterocycles. The fraction of sp³-hybridized carbons (Fsp3) is 0.407. The Morgan fingerprint density at radius 2 is 1.81 bits per heavy atom. The average molecular weight is 490 g/mol. The molecule has 1 amide bonds. The van der Waals surface area contributed by atoms with Gasteiger partial charge in [-0.2, -0.15) is 4.98 Å². The van der Waals surface area contributed by atoms with Crippen molar-refractivity contribution in [2.45, 2.75) is 45.7 Å². The summed E-state index contributed by atoms with van der Waals surface area (Å²) in [7, 11) is 0. The van der Waals surface area contributed by atoms with Gasteiger partial charge in [0, 0.05) is 56.1 Å². The van der Waals surface area contributed by atoms with Crippen molar-refractivity contribution < 1.29 is 9.18 Å². The van der Waals surface area contributed by atoms with E-state index in [-0.39, 0.29) is 11.9 Å². The van der Waals surface area contributed by atoms with E-state index in [4.69, 9.17) is 15.7 Å². The quantitative estimate of drug-likeness (QED) is 0.583. The lowest BCUT2D eigenvalue weighted by atomic mass is 10.1. The smallest absolute Gasteiger partial charge is 0.250 e. The number of amides is 1. The highest BCUT2D eigenvalue weighted by molar-refractivity contribution is 5.93. The molecule has 2 aliphatic heterocycles. The lowest BCUT2D eigenvalue weighted by Gasteiger charge is -2.41. The predicted octanol–water partition coefficient (Wildman–Crippen LogP) is 3.79. The van der Waals surface area contributed by atoms with Gasteiger partial charge in [-0.1, -0.05) is 0 Å². The number of benzene rings is 1. The first-order chi connectivity index (χ1) is 17.3. The lowest BCUT2D eigenvalue weighted by Crippen LogP contribution is -2.53. The summed E-state index contributed by atoms with van der Waals surface area (Å²) in [6.45, 7) is 9.55. The first kappa shape index (κ1) is 24.0. The third-order valence-electron chi connectivity index (χ3n) is 7.21. The minimum atomic E-state index is -0.473. The Balaban J connectivity index is 1.44. The Kier molecular flexibility index (Phi) is 6.47. The van der Waals surface area contributed by atoms with Crippen LogP contribution in [0.2, 0.25) is 0 Å².